The van der Waals surface area contributed by atoms with Gasteiger partial charge < -0.3 is 4.43 Å². The zero-order valence-corrected chi connectivity index (χ0v) is 23.8. The second-order valence-corrected chi connectivity index (χ2v) is 13.9. The van der Waals surface area contributed by atoms with E-state index in [2.05, 4.69) is 26.8 Å². The van der Waals surface area contributed by atoms with E-state index in [0.717, 1.165) is 22.7 Å². The summed E-state index contributed by atoms with van der Waals surface area (Å²) in [6.07, 6.45) is 9.06. The maximum atomic E-state index is 13.3. The Hall–Kier alpha value is -2.86. The van der Waals surface area contributed by atoms with E-state index in [0.29, 0.717) is 5.69 Å². The molecule has 0 aliphatic heterocycles. The summed E-state index contributed by atoms with van der Waals surface area (Å²) in [6.45, 7) is 8.74. The first kappa shape index (κ1) is 27.7. The van der Waals surface area contributed by atoms with E-state index in [1.165, 1.54) is 56.7 Å². The van der Waals surface area contributed by atoms with Crippen molar-refractivity contribution in [2.75, 3.05) is 0 Å². The first-order chi connectivity index (χ1) is 17.5. The van der Waals surface area contributed by atoms with Gasteiger partial charge in [0.25, 0.3) is 13.9 Å². The van der Waals surface area contributed by atoms with Gasteiger partial charge in [-0.15, -0.1) is 0 Å². The quantitative estimate of drug-likeness (QED) is 0.165. The molecule has 2 aromatic carbocycles. The van der Waals surface area contributed by atoms with Crippen LogP contribution in [-0.2, 0) is 7.05 Å². The first-order valence-corrected chi connectivity index (χ1v) is 16.2. The first-order valence-electron chi connectivity index (χ1n) is 13.6. The van der Waals surface area contributed by atoms with Crippen LogP contribution >= 0.6 is 0 Å². The van der Waals surface area contributed by atoms with E-state index >= 15 is 0 Å². The third-order valence-electron chi connectivity index (χ3n) is 7.06. The Morgan fingerprint density at radius 3 is 2.00 bits per heavy atom. The minimum absolute atomic E-state index is 0.117. The zero-order chi connectivity index (χ0) is 26.0. The lowest BCUT2D eigenvalue weighted by atomic mass is 10.2. The lowest BCUT2D eigenvalue weighted by Gasteiger charge is -2.33. The molecule has 0 fully saturated rings. The highest BCUT2D eigenvalue weighted by atomic mass is 28.4. The third kappa shape index (κ3) is 6.67. The molecule has 1 aromatic heterocycles. The minimum Gasteiger partial charge on any atom is -0.543 e. The standard InChI is InChI=1S/C30H43N3O2Si/c1-6-9-21-36(22-10-7-2,23-11-8-3)35-28-20-16-15-17-26(28)24-31-29-25(4)32(5)33(30(29)34)27-18-13-12-14-19-27/h12-20,24H,6-11,21-23H2,1-5H3. The van der Waals surface area contributed by atoms with Gasteiger partial charge in [-0.25, -0.2) is 9.67 Å². The fraction of sp³-hybridized carbons (Fsp3) is 0.467. The van der Waals surface area contributed by atoms with E-state index in [-0.39, 0.29) is 5.56 Å². The van der Waals surface area contributed by atoms with Crippen LogP contribution < -0.4 is 9.99 Å². The Kier molecular flexibility index (Phi) is 10.4. The average Bonchev–Trinajstić information content (AvgIpc) is 3.12. The van der Waals surface area contributed by atoms with Crippen molar-refractivity contribution in [1.29, 1.82) is 0 Å². The van der Waals surface area contributed by atoms with Crippen LogP contribution in [0.3, 0.4) is 0 Å². The molecule has 0 bridgehead atoms. The molecule has 0 spiro atoms. The van der Waals surface area contributed by atoms with Gasteiger partial charge in [-0.05, 0) is 49.3 Å². The molecule has 6 heteroatoms. The van der Waals surface area contributed by atoms with E-state index in [1.807, 2.05) is 73.4 Å². The Labute approximate surface area is 218 Å². The van der Waals surface area contributed by atoms with Gasteiger partial charge >= 0.3 is 0 Å². The fourth-order valence-electron chi connectivity index (χ4n) is 4.78. The Morgan fingerprint density at radius 1 is 0.861 bits per heavy atom. The molecular weight excluding hydrogens is 462 g/mol. The van der Waals surface area contributed by atoms with Crippen molar-refractivity contribution < 1.29 is 4.43 Å². The molecule has 36 heavy (non-hydrogen) atoms. The van der Waals surface area contributed by atoms with Gasteiger partial charge in [0, 0.05) is 18.8 Å². The van der Waals surface area contributed by atoms with Crippen molar-refractivity contribution in [3.05, 3.63) is 76.2 Å². The van der Waals surface area contributed by atoms with Crippen molar-refractivity contribution >= 4 is 20.2 Å². The van der Waals surface area contributed by atoms with Crippen LogP contribution in [0.5, 0.6) is 5.75 Å². The summed E-state index contributed by atoms with van der Waals surface area (Å²) in [6, 6.07) is 21.5. The highest BCUT2D eigenvalue weighted by Gasteiger charge is 2.35. The topological polar surface area (TPSA) is 48.5 Å². The molecule has 5 nitrogen and oxygen atoms in total. The number of hydrogen-bond donors (Lipinski definition) is 0. The molecule has 194 valence electrons. The third-order valence-corrected chi connectivity index (χ3v) is 11.5. The molecule has 0 amide bonds. The second-order valence-electron chi connectivity index (χ2n) is 9.80. The lowest BCUT2D eigenvalue weighted by molar-refractivity contribution is 0.510. The largest absolute Gasteiger partial charge is 0.543 e. The van der Waals surface area contributed by atoms with Crippen LogP contribution in [0.4, 0.5) is 5.69 Å². The summed E-state index contributed by atoms with van der Waals surface area (Å²) in [4.78, 5) is 18.0. The van der Waals surface area contributed by atoms with Gasteiger partial charge in [-0.2, -0.15) is 0 Å². The van der Waals surface area contributed by atoms with E-state index in [9.17, 15) is 4.79 Å². The molecule has 3 rings (SSSR count). The molecule has 0 N–H and O–H groups in total. The highest BCUT2D eigenvalue weighted by molar-refractivity contribution is 6.74. The van der Waals surface area contributed by atoms with Gasteiger partial charge in [0.05, 0.1) is 11.4 Å². The summed E-state index contributed by atoms with van der Waals surface area (Å²) < 4.78 is 10.6. The van der Waals surface area contributed by atoms with Gasteiger partial charge in [-0.3, -0.25) is 9.48 Å². The molecule has 0 radical (unpaired) electrons. The molecule has 3 aromatic rings. The van der Waals surface area contributed by atoms with Crippen LogP contribution in [0.2, 0.25) is 18.1 Å². The lowest BCUT2D eigenvalue weighted by Crippen LogP contribution is -2.41. The number of nitrogens with zero attached hydrogens (tertiary/aromatic N) is 3. The summed E-state index contributed by atoms with van der Waals surface area (Å²) in [5.41, 5.74) is 2.94. The molecule has 0 saturated carbocycles. The molecule has 0 aliphatic rings. The molecule has 0 unspecified atom stereocenters. The molecular formula is C30H43N3O2Si. The number of benzene rings is 2. The monoisotopic (exact) mass is 505 g/mol. The number of hydrogen-bond acceptors (Lipinski definition) is 3. The van der Waals surface area contributed by atoms with Gasteiger partial charge in [-0.1, -0.05) is 89.6 Å². The second kappa shape index (κ2) is 13.4. The number of unbranched alkanes of at least 4 members (excludes halogenated alkanes) is 3. The van der Waals surface area contributed by atoms with E-state index in [4.69, 9.17) is 9.42 Å². The summed E-state index contributed by atoms with van der Waals surface area (Å²) in [5, 5.41) is 0. The smallest absolute Gasteiger partial charge is 0.297 e. The molecule has 0 atom stereocenters. The zero-order valence-electron chi connectivity index (χ0n) is 22.8. The Morgan fingerprint density at radius 2 is 1.42 bits per heavy atom. The van der Waals surface area contributed by atoms with E-state index < -0.39 is 8.32 Å². The number of aliphatic imine (C=N–C) groups is 1. The fourth-order valence-corrected chi connectivity index (χ4v) is 9.48. The maximum absolute atomic E-state index is 13.3. The summed E-state index contributed by atoms with van der Waals surface area (Å²) in [7, 11) is -0.0436. The normalized spacial score (nSPS) is 11.9. The summed E-state index contributed by atoms with van der Waals surface area (Å²) >= 11 is 0. The number of aromatic nitrogens is 2. The highest BCUT2D eigenvalue weighted by Crippen LogP contribution is 2.33. The van der Waals surface area contributed by atoms with E-state index in [1.54, 1.807) is 4.68 Å². The Balaban J connectivity index is 1.96. The number of para-hydroxylation sites is 2. The van der Waals surface area contributed by atoms with Crippen molar-refractivity contribution in [2.24, 2.45) is 12.0 Å². The van der Waals surface area contributed by atoms with Crippen LogP contribution in [0.25, 0.3) is 5.69 Å². The van der Waals surface area contributed by atoms with Crippen LogP contribution in [0.15, 0.2) is 64.4 Å². The predicted molar refractivity (Wildman–Crippen MR) is 155 cm³/mol. The predicted octanol–water partition coefficient (Wildman–Crippen LogP) is 7.96. The van der Waals surface area contributed by atoms with Crippen molar-refractivity contribution in [3.63, 3.8) is 0 Å². The maximum Gasteiger partial charge on any atom is 0.297 e. The van der Waals surface area contributed by atoms with Crippen molar-refractivity contribution in [3.8, 4) is 11.4 Å². The van der Waals surface area contributed by atoms with Crippen molar-refractivity contribution in [1.82, 2.24) is 9.36 Å². The van der Waals surface area contributed by atoms with Crippen LogP contribution in [-0.4, -0.2) is 23.9 Å². The average molecular weight is 506 g/mol. The molecule has 1 heterocycles. The SMILES string of the molecule is CCCC[Si](CCCC)(CCCC)Oc1ccccc1C=Nc1c(C)n(C)n(-c2ccccc2)c1=O. The molecule has 0 saturated heterocycles. The Bertz CT molecular complexity index is 1160. The molecule has 0 aliphatic carbocycles. The number of rotatable bonds is 14. The van der Waals surface area contributed by atoms with Crippen molar-refractivity contribution in [2.45, 2.75) is 84.4 Å². The van der Waals surface area contributed by atoms with Crippen LogP contribution in [0.1, 0.15) is 70.6 Å². The minimum atomic E-state index is -1.94. The van der Waals surface area contributed by atoms with Gasteiger partial charge in [0.1, 0.15) is 5.75 Å². The van der Waals surface area contributed by atoms with Gasteiger partial charge in [0.15, 0.2) is 5.69 Å². The van der Waals surface area contributed by atoms with Crippen LogP contribution in [0, 0.1) is 6.92 Å². The van der Waals surface area contributed by atoms with Gasteiger partial charge in [0.2, 0.25) is 0 Å². The summed E-state index contributed by atoms with van der Waals surface area (Å²) in [5.74, 6) is 0.910.